The largest absolute Gasteiger partial charge is 0.398 e. The van der Waals surface area contributed by atoms with Crippen molar-refractivity contribution in [2.45, 2.75) is 24.3 Å². The van der Waals surface area contributed by atoms with E-state index in [1.54, 1.807) is 13.0 Å². The third kappa shape index (κ3) is 3.33. The molecule has 0 radical (unpaired) electrons. The number of halogens is 1. The normalized spacial score (nSPS) is 22.0. The van der Waals surface area contributed by atoms with Gasteiger partial charge in [-0.2, -0.15) is 0 Å². The van der Waals surface area contributed by atoms with E-state index in [1.807, 2.05) is 0 Å². The Morgan fingerprint density at radius 3 is 2.60 bits per heavy atom. The Balaban J connectivity index is 2.30. The van der Waals surface area contributed by atoms with E-state index in [4.69, 9.17) is 5.73 Å². The summed E-state index contributed by atoms with van der Waals surface area (Å²) in [6.45, 7) is 1.66. The number of nitrogens with one attached hydrogen (secondary N) is 1. The average molecular weight is 383 g/mol. The van der Waals surface area contributed by atoms with Crippen molar-refractivity contribution in [1.82, 2.24) is 4.72 Å². The summed E-state index contributed by atoms with van der Waals surface area (Å²) in [6, 6.07) is 2.41. The average Bonchev–Trinajstić information content (AvgIpc) is 2.62. The summed E-state index contributed by atoms with van der Waals surface area (Å²) in [5, 5.41) is 0. The molecule has 1 aliphatic rings. The highest BCUT2D eigenvalue weighted by atomic mass is 79.9. The molecular formula is C11H15BrN2O4S2. The van der Waals surface area contributed by atoms with Crippen LogP contribution >= 0.6 is 15.9 Å². The zero-order valence-electron chi connectivity index (χ0n) is 10.8. The van der Waals surface area contributed by atoms with Crippen LogP contribution in [0.3, 0.4) is 0 Å². The van der Waals surface area contributed by atoms with Gasteiger partial charge in [-0.3, -0.25) is 0 Å². The van der Waals surface area contributed by atoms with Crippen LogP contribution in [0.25, 0.3) is 0 Å². The highest BCUT2D eigenvalue weighted by Crippen LogP contribution is 2.27. The Bertz CT molecular complexity index is 744. The molecule has 1 saturated heterocycles. The molecule has 112 valence electrons. The summed E-state index contributed by atoms with van der Waals surface area (Å²) in [5.41, 5.74) is 6.56. The van der Waals surface area contributed by atoms with Gasteiger partial charge in [0, 0.05) is 16.2 Å². The smallest absolute Gasteiger partial charge is 0.241 e. The molecule has 1 aromatic carbocycles. The number of sulfone groups is 1. The van der Waals surface area contributed by atoms with Crippen LogP contribution in [0.5, 0.6) is 0 Å². The molecule has 1 unspecified atom stereocenters. The third-order valence-electron chi connectivity index (χ3n) is 3.14. The fourth-order valence-electron chi connectivity index (χ4n) is 2.13. The standard InChI is InChI=1S/C11H15BrN2O4S2/c1-7-4-9(12)10(13)5-11(7)20(17,18)14-8-2-3-19(15,16)6-8/h4-5,8,14H,2-3,6,13H2,1H3. The molecule has 0 aliphatic carbocycles. The number of hydrogen-bond donors (Lipinski definition) is 2. The van der Waals surface area contributed by atoms with Gasteiger partial charge in [0.15, 0.2) is 9.84 Å². The molecule has 1 atom stereocenters. The van der Waals surface area contributed by atoms with E-state index in [0.29, 0.717) is 22.1 Å². The van der Waals surface area contributed by atoms with Crippen molar-refractivity contribution in [2.75, 3.05) is 17.2 Å². The topological polar surface area (TPSA) is 106 Å². The van der Waals surface area contributed by atoms with Crippen LogP contribution in [0.15, 0.2) is 21.5 Å². The van der Waals surface area contributed by atoms with Crippen LogP contribution in [0.1, 0.15) is 12.0 Å². The van der Waals surface area contributed by atoms with Gasteiger partial charge in [0.25, 0.3) is 0 Å². The Kier molecular flexibility index (Phi) is 4.16. The first kappa shape index (κ1) is 15.7. The fourth-order valence-corrected chi connectivity index (χ4v) is 5.90. The molecule has 0 amide bonds. The number of sulfonamides is 1. The molecule has 0 bridgehead atoms. The minimum Gasteiger partial charge on any atom is -0.398 e. The first-order valence-corrected chi connectivity index (χ1v) is 9.99. The Labute approximate surface area is 126 Å². The lowest BCUT2D eigenvalue weighted by Gasteiger charge is -2.14. The quantitative estimate of drug-likeness (QED) is 0.752. The first-order chi connectivity index (χ1) is 9.11. The van der Waals surface area contributed by atoms with Crippen LogP contribution < -0.4 is 10.5 Å². The van der Waals surface area contributed by atoms with E-state index in [0.717, 1.165) is 0 Å². The number of nitrogen functional groups attached to an aromatic ring is 1. The molecular weight excluding hydrogens is 368 g/mol. The lowest BCUT2D eigenvalue weighted by atomic mass is 10.2. The predicted octanol–water partition coefficient (Wildman–Crippen LogP) is 0.805. The molecule has 1 aromatic rings. The maximum Gasteiger partial charge on any atom is 0.241 e. The maximum atomic E-state index is 12.3. The summed E-state index contributed by atoms with van der Waals surface area (Å²) in [4.78, 5) is 0.0718. The summed E-state index contributed by atoms with van der Waals surface area (Å²) in [5.74, 6) is -0.140. The lowest BCUT2D eigenvalue weighted by Crippen LogP contribution is -2.35. The van der Waals surface area contributed by atoms with Crippen LogP contribution in [0.4, 0.5) is 5.69 Å². The maximum absolute atomic E-state index is 12.3. The van der Waals surface area contributed by atoms with Crippen LogP contribution in [-0.4, -0.2) is 34.4 Å². The van der Waals surface area contributed by atoms with Crippen LogP contribution in [-0.2, 0) is 19.9 Å². The monoisotopic (exact) mass is 382 g/mol. The molecule has 9 heteroatoms. The second kappa shape index (κ2) is 5.28. The summed E-state index contributed by atoms with van der Waals surface area (Å²) >= 11 is 3.23. The van der Waals surface area contributed by atoms with Gasteiger partial charge < -0.3 is 5.73 Å². The number of nitrogens with two attached hydrogens (primary N) is 1. The van der Waals surface area contributed by atoms with Gasteiger partial charge in [0.2, 0.25) is 10.0 Å². The van der Waals surface area contributed by atoms with Gasteiger partial charge in [-0.25, -0.2) is 21.6 Å². The van der Waals surface area contributed by atoms with Crippen LogP contribution in [0.2, 0.25) is 0 Å². The number of hydrogen-bond acceptors (Lipinski definition) is 5. The number of anilines is 1. The van der Waals surface area contributed by atoms with Crippen molar-refractivity contribution in [3.8, 4) is 0 Å². The molecule has 6 nitrogen and oxygen atoms in total. The number of benzene rings is 1. The molecule has 2 rings (SSSR count). The molecule has 0 spiro atoms. The minimum atomic E-state index is -3.78. The van der Waals surface area contributed by atoms with Crippen LogP contribution in [0, 0.1) is 6.92 Å². The van der Waals surface area contributed by atoms with E-state index in [-0.39, 0.29) is 16.4 Å². The first-order valence-electron chi connectivity index (χ1n) is 5.89. The molecule has 1 aliphatic heterocycles. The Morgan fingerprint density at radius 2 is 2.05 bits per heavy atom. The van der Waals surface area contributed by atoms with Crippen molar-refractivity contribution in [3.05, 3.63) is 22.2 Å². The second-order valence-electron chi connectivity index (χ2n) is 4.86. The van der Waals surface area contributed by atoms with E-state index >= 15 is 0 Å². The highest BCUT2D eigenvalue weighted by molar-refractivity contribution is 9.10. The van der Waals surface area contributed by atoms with Crippen molar-refractivity contribution < 1.29 is 16.8 Å². The number of aryl methyl sites for hydroxylation is 1. The van der Waals surface area contributed by atoms with Gasteiger partial charge in [-0.15, -0.1) is 0 Å². The van der Waals surface area contributed by atoms with E-state index in [2.05, 4.69) is 20.7 Å². The highest BCUT2D eigenvalue weighted by Gasteiger charge is 2.32. The molecule has 1 fully saturated rings. The Hall–Kier alpha value is -0.640. The molecule has 3 N–H and O–H groups in total. The predicted molar refractivity (Wildman–Crippen MR) is 80.7 cm³/mol. The summed E-state index contributed by atoms with van der Waals surface area (Å²) < 4.78 is 50.4. The SMILES string of the molecule is Cc1cc(Br)c(N)cc1S(=O)(=O)NC1CCS(=O)(=O)C1. The van der Waals surface area contributed by atoms with Crippen molar-refractivity contribution >= 4 is 41.5 Å². The Morgan fingerprint density at radius 1 is 1.40 bits per heavy atom. The van der Waals surface area contributed by atoms with E-state index < -0.39 is 25.9 Å². The van der Waals surface area contributed by atoms with Gasteiger partial charge in [0.05, 0.1) is 16.4 Å². The van der Waals surface area contributed by atoms with Gasteiger partial charge in [-0.1, -0.05) is 0 Å². The second-order valence-corrected chi connectivity index (χ2v) is 9.63. The minimum absolute atomic E-state index is 0.0155. The van der Waals surface area contributed by atoms with Crippen molar-refractivity contribution in [1.29, 1.82) is 0 Å². The third-order valence-corrected chi connectivity index (χ3v) is 7.26. The summed E-state index contributed by atoms with van der Waals surface area (Å²) in [7, 11) is -6.91. The molecule has 0 aromatic heterocycles. The van der Waals surface area contributed by atoms with E-state index in [9.17, 15) is 16.8 Å². The fraction of sp³-hybridized carbons (Fsp3) is 0.455. The van der Waals surface area contributed by atoms with Crippen molar-refractivity contribution in [2.24, 2.45) is 0 Å². The van der Waals surface area contributed by atoms with E-state index in [1.165, 1.54) is 6.07 Å². The van der Waals surface area contributed by atoms with Gasteiger partial charge in [0.1, 0.15) is 0 Å². The molecule has 0 saturated carbocycles. The summed E-state index contributed by atoms with van der Waals surface area (Å²) in [6.07, 6.45) is 0.298. The van der Waals surface area contributed by atoms with Crippen molar-refractivity contribution in [3.63, 3.8) is 0 Å². The number of rotatable bonds is 3. The van der Waals surface area contributed by atoms with Gasteiger partial charge in [-0.05, 0) is 47.0 Å². The molecule has 1 heterocycles. The zero-order chi connectivity index (χ0) is 15.1. The lowest BCUT2D eigenvalue weighted by molar-refractivity contribution is 0.562. The zero-order valence-corrected chi connectivity index (χ0v) is 14.0. The molecule has 20 heavy (non-hydrogen) atoms. The van der Waals surface area contributed by atoms with Gasteiger partial charge >= 0.3 is 0 Å².